The summed E-state index contributed by atoms with van der Waals surface area (Å²) in [5.41, 5.74) is 0. The predicted octanol–water partition coefficient (Wildman–Crippen LogP) is 8.32. The summed E-state index contributed by atoms with van der Waals surface area (Å²) in [5.74, 6) is 1.50. The molecule has 4 heteroatoms. The molecule has 1 heterocycles. The van der Waals surface area contributed by atoms with Gasteiger partial charge in [-0.25, -0.2) is 4.39 Å². The molecule has 0 radical (unpaired) electrons. The topological polar surface area (TPSA) is 33.3 Å². The molecule has 0 spiro atoms. The van der Waals surface area contributed by atoms with Gasteiger partial charge < -0.3 is 15.4 Å². The van der Waals surface area contributed by atoms with E-state index in [1.165, 1.54) is 116 Å². The molecule has 1 saturated carbocycles. The largest absolute Gasteiger partial charge is 0.375 e. The van der Waals surface area contributed by atoms with Crippen LogP contribution in [0.2, 0.25) is 0 Å². The fraction of sp³-hybridized carbons (Fsp3) is 1.00. The van der Waals surface area contributed by atoms with Crippen LogP contribution in [0, 0.1) is 11.8 Å². The van der Waals surface area contributed by atoms with Gasteiger partial charge in [0.1, 0.15) is 6.17 Å². The van der Waals surface area contributed by atoms with Crippen molar-refractivity contribution in [1.29, 1.82) is 0 Å². The fourth-order valence-corrected chi connectivity index (χ4v) is 5.89. The Balaban J connectivity index is 1.44. The second kappa shape index (κ2) is 19.9. The average Bonchev–Trinajstić information content (AvgIpc) is 2.87. The lowest BCUT2D eigenvalue weighted by Gasteiger charge is -2.39. The number of halogens is 1. The van der Waals surface area contributed by atoms with Crippen LogP contribution in [-0.2, 0) is 4.74 Å². The zero-order valence-corrected chi connectivity index (χ0v) is 22.9. The number of rotatable bonds is 20. The first-order valence-corrected chi connectivity index (χ1v) is 15.4. The van der Waals surface area contributed by atoms with Crippen LogP contribution in [0.15, 0.2) is 0 Å². The van der Waals surface area contributed by atoms with E-state index >= 15 is 0 Å². The summed E-state index contributed by atoms with van der Waals surface area (Å²) in [6.07, 6.45) is 25.2. The molecule has 2 N–H and O–H groups in total. The monoisotopic (exact) mass is 482 g/mol. The van der Waals surface area contributed by atoms with E-state index in [0.29, 0.717) is 25.1 Å². The van der Waals surface area contributed by atoms with E-state index in [4.69, 9.17) is 4.74 Å². The lowest BCUT2D eigenvalue weighted by Crippen LogP contribution is -2.56. The molecule has 1 atom stereocenters. The highest BCUT2D eigenvalue weighted by Gasteiger charge is 2.30. The molecule has 34 heavy (non-hydrogen) atoms. The van der Waals surface area contributed by atoms with Gasteiger partial charge in [-0.2, -0.15) is 0 Å². The van der Waals surface area contributed by atoms with Gasteiger partial charge in [0.2, 0.25) is 0 Å². The molecule has 1 aliphatic heterocycles. The number of ether oxygens (including phenoxy) is 1. The number of nitrogens with one attached hydrogen (secondary N) is 2. The van der Waals surface area contributed by atoms with Gasteiger partial charge in [-0.15, -0.1) is 0 Å². The van der Waals surface area contributed by atoms with Crippen LogP contribution in [0.4, 0.5) is 4.39 Å². The summed E-state index contributed by atoms with van der Waals surface area (Å²) in [5, 5.41) is 7.62. The number of unbranched alkanes of at least 4 members (excludes halogenated alkanes) is 12. The summed E-state index contributed by atoms with van der Waals surface area (Å²) < 4.78 is 20.2. The number of alkyl halides is 1. The van der Waals surface area contributed by atoms with Crippen LogP contribution in [0.5, 0.6) is 0 Å². The minimum Gasteiger partial charge on any atom is -0.375 e. The van der Waals surface area contributed by atoms with E-state index in [0.717, 1.165) is 25.2 Å². The van der Waals surface area contributed by atoms with Crippen molar-refractivity contribution >= 4 is 0 Å². The first-order valence-electron chi connectivity index (χ1n) is 15.4. The van der Waals surface area contributed by atoms with Crippen molar-refractivity contribution in [3.8, 4) is 0 Å². The van der Waals surface area contributed by atoms with Crippen LogP contribution < -0.4 is 10.6 Å². The Morgan fingerprint density at radius 2 is 1.24 bits per heavy atom. The van der Waals surface area contributed by atoms with Crippen LogP contribution in [0.3, 0.4) is 0 Å². The van der Waals surface area contributed by atoms with Crippen molar-refractivity contribution in [2.45, 2.75) is 161 Å². The Hall–Kier alpha value is -0.190. The highest BCUT2D eigenvalue weighted by molar-refractivity contribution is 4.85. The summed E-state index contributed by atoms with van der Waals surface area (Å²) >= 11 is 0. The number of hydrogen-bond donors (Lipinski definition) is 2. The Bertz CT molecular complexity index is 447. The molecule has 3 nitrogen and oxygen atoms in total. The predicted molar refractivity (Wildman–Crippen MR) is 145 cm³/mol. The Kier molecular flexibility index (Phi) is 17.6. The fourth-order valence-electron chi connectivity index (χ4n) is 5.89. The average molecular weight is 483 g/mol. The van der Waals surface area contributed by atoms with E-state index < -0.39 is 6.17 Å². The van der Waals surface area contributed by atoms with E-state index in [-0.39, 0.29) is 6.10 Å². The van der Waals surface area contributed by atoms with Gasteiger partial charge in [0.15, 0.2) is 0 Å². The van der Waals surface area contributed by atoms with Gasteiger partial charge in [-0.3, -0.25) is 0 Å². The number of hydrogen-bond acceptors (Lipinski definition) is 3. The normalized spacial score (nSPS) is 26.6. The quantitative estimate of drug-likeness (QED) is 0.171. The minimum absolute atomic E-state index is 0.275. The molecule has 0 bridgehead atoms. The summed E-state index contributed by atoms with van der Waals surface area (Å²) in [6, 6.07) is 0. The van der Waals surface area contributed by atoms with Crippen molar-refractivity contribution in [2.75, 3.05) is 19.7 Å². The van der Waals surface area contributed by atoms with E-state index in [9.17, 15) is 4.39 Å². The smallest absolute Gasteiger partial charge is 0.123 e. The third-order valence-electron chi connectivity index (χ3n) is 8.29. The molecular formula is C30H59FN2O. The van der Waals surface area contributed by atoms with E-state index in [1.807, 2.05) is 0 Å². The third-order valence-corrected chi connectivity index (χ3v) is 8.29. The molecule has 2 rings (SSSR count). The van der Waals surface area contributed by atoms with Crippen molar-refractivity contribution in [2.24, 2.45) is 11.8 Å². The molecule has 1 saturated heterocycles. The molecule has 2 fully saturated rings. The Morgan fingerprint density at radius 1 is 0.706 bits per heavy atom. The first kappa shape index (κ1) is 30.0. The summed E-state index contributed by atoms with van der Waals surface area (Å²) in [6.45, 7) is 7.18. The van der Waals surface area contributed by atoms with E-state index in [1.54, 1.807) is 0 Å². The zero-order chi connectivity index (χ0) is 24.3. The minimum atomic E-state index is -0.774. The van der Waals surface area contributed by atoms with Gasteiger partial charge in [-0.05, 0) is 50.4 Å². The van der Waals surface area contributed by atoms with Crippen LogP contribution in [0.1, 0.15) is 142 Å². The third kappa shape index (κ3) is 13.8. The van der Waals surface area contributed by atoms with Crippen LogP contribution >= 0.6 is 0 Å². The molecule has 0 aromatic rings. The first-order chi connectivity index (χ1) is 16.7. The van der Waals surface area contributed by atoms with Gasteiger partial charge in [0, 0.05) is 13.1 Å². The molecule has 0 aromatic heterocycles. The molecule has 1 aliphatic carbocycles. The van der Waals surface area contributed by atoms with Crippen molar-refractivity contribution in [1.82, 2.24) is 10.6 Å². The molecule has 2 aliphatic rings. The highest BCUT2D eigenvalue weighted by atomic mass is 19.1. The Labute approximate surface area is 212 Å². The van der Waals surface area contributed by atoms with Gasteiger partial charge >= 0.3 is 0 Å². The Morgan fingerprint density at radius 3 is 1.82 bits per heavy atom. The van der Waals surface area contributed by atoms with Crippen molar-refractivity contribution in [3.63, 3.8) is 0 Å². The molecule has 0 amide bonds. The second-order valence-corrected chi connectivity index (χ2v) is 11.4. The SMILES string of the molecule is CCCCCCCCCCC1CNC(C2CCC(OCC(F)CCCCCCCC)CC2)NC1. The maximum atomic E-state index is 14.2. The maximum absolute atomic E-state index is 14.2. The summed E-state index contributed by atoms with van der Waals surface area (Å²) in [4.78, 5) is 0. The van der Waals surface area contributed by atoms with E-state index in [2.05, 4.69) is 24.5 Å². The summed E-state index contributed by atoms with van der Waals surface area (Å²) in [7, 11) is 0. The lowest BCUT2D eigenvalue weighted by atomic mass is 9.84. The van der Waals surface area contributed by atoms with Crippen LogP contribution in [0.25, 0.3) is 0 Å². The van der Waals surface area contributed by atoms with Gasteiger partial charge in [-0.1, -0.05) is 104 Å². The molecular weight excluding hydrogens is 423 g/mol. The molecule has 0 aromatic carbocycles. The van der Waals surface area contributed by atoms with Crippen molar-refractivity contribution in [3.05, 3.63) is 0 Å². The highest BCUT2D eigenvalue weighted by Crippen LogP contribution is 2.29. The standard InChI is InChI=1S/C30H59FN2O/c1-3-5-7-9-11-12-13-15-17-26-23-32-30(33-24-26)27-19-21-29(22-20-27)34-25-28(31)18-16-14-10-8-6-4-2/h26-30,32-33H,3-25H2,1-2H3. The second-order valence-electron chi connectivity index (χ2n) is 11.4. The van der Waals surface area contributed by atoms with Gasteiger partial charge in [0.05, 0.1) is 18.9 Å². The maximum Gasteiger partial charge on any atom is 0.123 e. The zero-order valence-electron chi connectivity index (χ0n) is 22.9. The lowest BCUT2D eigenvalue weighted by molar-refractivity contribution is -0.0153. The van der Waals surface area contributed by atoms with Gasteiger partial charge in [0.25, 0.3) is 0 Å². The van der Waals surface area contributed by atoms with Crippen LogP contribution in [-0.4, -0.2) is 38.1 Å². The van der Waals surface area contributed by atoms with Crippen molar-refractivity contribution < 1.29 is 9.13 Å². The molecule has 1 unspecified atom stereocenters. The molecule has 202 valence electrons.